The van der Waals surface area contributed by atoms with Crippen LogP contribution in [-0.2, 0) is 22.6 Å². The highest BCUT2D eigenvalue weighted by atomic mass is 127. The smallest absolute Gasteiger partial charge is 0.293 e. The average molecular weight is 616 g/mol. The standard InChI is InChI=1S/C24H24F3IN4O4/c1-12-17(19(33)21(35)31-23(22(36)29-3)10-24(26,27)11-23)16-5-4-8-32(16)18(12)20(34)30-13-6-7-14(25)15(9-13)28-2/h6-7,9H,2,4-5,8,10-11H2,1,3H3,(H,29,36)(H,30,34)(H,31,35). The summed E-state index contributed by atoms with van der Waals surface area (Å²) in [6, 6.07) is 4.19. The zero-order valence-electron chi connectivity index (χ0n) is 19.6. The molecule has 4 rings (SSSR count). The number of Topliss-reactive ketones (excluding diaryl/α,β-unsaturated/α-hetero) is 1. The summed E-state index contributed by atoms with van der Waals surface area (Å²) >= 11 is -0.801. The first-order valence-electron chi connectivity index (χ1n) is 11.1. The fourth-order valence-corrected chi connectivity index (χ4v) is 6.04. The Labute approximate surface area is 214 Å². The van der Waals surface area contributed by atoms with Crippen LogP contribution in [-0.4, -0.2) is 51.1 Å². The molecule has 2 heterocycles. The van der Waals surface area contributed by atoms with Crippen molar-refractivity contribution in [1.82, 2.24) is 15.2 Å². The number of anilines is 1. The zero-order chi connectivity index (χ0) is 26.4. The summed E-state index contributed by atoms with van der Waals surface area (Å²) < 4.78 is 46.9. The Balaban J connectivity index is 1.62. The highest BCUT2D eigenvalue weighted by Crippen LogP contribution is 2.46. The lowest BCUT2D eigenvalue weighted by Crippen LogP contribution is -2.69. The van der Waals surface area contributed by atoms with E-state index < -0.39 is 74.4 Å². The molecule has 0 unspecified atom stereocenters. The van der Waals surface area contributed by atoms with Crippen molar-refractivity contribution in [2.75, 3.05) is 12.4 Å². The number of amides is 3. The van der Waals surface area contributed by atoms with E-state index in [1.807, 2.05) is 0 Å². The number of rotatable bonds is 7. The van der Waals surface area contributed by atoms with Gasteiger partial charge in [-0.2, -0.15) is 0 Å². The normalized spacial score (nSPS) is 17.0. The highest BCUT2D eigenvalue weighted by molar-refractivity contribution is 14.2. The lowest BCUT2D eigenvalue weighted by Gasteiger charge is -2.45. The Bertz CT molecular complexity index is 1310. The minimum Gasteiger partial charge on any atom is -0.357 e. The second-order valence-corrected chi connectivity index (χ2v) is 10.8. The fraction of sp³-hybridized carbons (Fsp3) is 0.375. The van der Waals surface area contributed by atoms with E-state index >= 15 is 0 Å². The van der Waals surface area contributed by atoms with Gasteiger partial charge in [-0.15, -0.1) is 0 Å². The van der Waals surface area contributed by atoms with Gasteiger partial charge in [0, 0.05) is 41.4 Å². The van der Waals surface area contributed by atoms with Crippen LogP contribution in [0.5, 0.6) is 0 Å². The monoisotopic (exact) mass is 616 g/mol. The molecule has 0 bridgehead atoms. The molecule has 3 N–H and O–H groups in total. The molecule has 8 nitrogen and oxygen atoms in total. The summed E-state index contributed by atoms with van der Waals surface area (Å²) in [7, 11) is 1.26. The Morgan fingerprint density at radius 2 is 1.86 bits per heavy atom. The number of hydrogen-bond acceptors (Lipinski definition) is 4. The first kappa shape index (κ1) is 26.0. The molecule has 1 aromatic carbocycles. The van der Waals surface area contributed by atoms with Crippen molar-refractivity contribution in [2.24, 2.45) is 0 Å². The molecule has 0 spiro atoms. The van der Waals surface area contributed by atoms with E-state index in [4.69, 9.17) is 0 Å². The number of benzene rings is 1. The van der Waals surface area contributed by atoms with Crippen LogP contribution in [0.2, 0.25) is 0 Å². The van der Waals surface area contributed by atoms with Crippen LogP contribution in [0.15, 0.2) is 18.2 Å². The number of ketones is 1. The van der Waals surface area contributed by atoms with E-state index in [0.717, 1.165) is 0 Å². The number of likely N-dealkylation sites (N-methyl/N-ethyl adjacent to an activating group) is 1. The van der Waals surface area contributed by atoms with Gasteiger partial charge in [-0.25, -0.2) is 13.2 Å². The van der Waals surface area contributed by atoms with Crippen molar-refractivity contribution in [1.29, 1.82) is 0 Å². The maximum atomic E-state index is 13.8. The maximum absolute atomic E-state index is 13.8. The van der Waals surface area contributed by atoms with Crippen molar-refractivity contribution < 1.29 is 32.3 Å². The Hall–Kier alpha value is -3.03. The topological polar surface area (TPSA) is 109 Å². The molecule has 192 valence electrons. The number of nitrogens with one attached hydrogen (secondary N) is 3. The highest BCUT2D eigenvalue weighted by Gasteiger charge is 2.62. The molecule has 12 heteroatoms. The van der Waals surface area contributed by atoms with Crippen LogP contribution in [0.3, 0.4) is 0 Å². The molecule has 0 saturated heterocycles. The van der Waals surface area contributed by atoms with Crippen LogP contribution in [0.4, 0.5) is 18.9 Å². The molecule has 0 radical (unpaired) electrons. The summed E-state index contributed by atoms with van der Waals surface area (Å²) in [5.74, 6) is -7.05. The third-order valence-corrected chi connectivity index (χ3v) is 8.16. The Morgan fingerprint density at radius 1 is 1.17 bits per heavy atom. The first-order chi connectivity index (χ1) is 16.9. The molecule has 1 aliphatic carbocycles. The predicted octanol–water partition coefficient (Wildman–Crippen LogP) is 2.92. The van der Waals surface area contributed by atoms with Gasteiger partial charge in [0.15, 0.2) is 0 Å². The number of carbonyl (C=O) groups excluding carboxylic acids is 4. The molecular formula is C24H24F3IN4O4. The van der Waals surface area contributed by atoms with Crippen molar-refractivity contribution >= 4 is 54.4 Å². The van der Waals surface area contributed by atoms with Crippen LogP contribution in [0.25, 0.3) is 0 Å². The number of aromatic nitrogens is 1. The van der Waals surface area contributed by atoms with E-state index in [2.05, 4.69) is 20.5 Å². The molecule has 1 saturated carbocycles. The average Bonchev–Trinajstić information content (AvgIpc) is 3.37. The lowest BCUT2D eigenvalue weighted by atomic mass is 9.72. The molecular weight excluding hydrogens is 592 g/mol. The SMILES string of the molecule is C=Ic1cc(NC(=O)c2c(C)c(C(=O)C(=O)NC3(C(=O)NC)CC(F)(F)C3)c3n2CCC3)ccc1F. The van der Waals surface area contributed by atoms with Crippen molar-refractivity contribution in [3.05, 3.63) is 50.1 Å². The van der Waals surface area contributed by atoms with E-state index in [-0.39, 0.29) is 16.8 Å². The minimum absolute atomic E-state index is 0.0247. The second kappa shape index (κ2) is 9.45. The molecule has 36 heavy (non-hydrogen) atoms. The molecule has 1 fully saturated rings. The lowest BCUT2D eigenvalue weighted by molar-refractivity contribution is -0.164. The van der Waals surface area contributed by atoms with Gasteiger partial charge in [0.1, 0.15) is 17.1 Å². The summed E-state index contributed by atoms with van der Waals surface area (Å²) in [4.78, 5) is 51.5. The third-order valence-electron chi connectivity index (χ3n) is 6.51. The molecule has 1 aromatic heterocycles. The van der Waals surface area contributed by atoms with Gasteiger partial charge in [0.25, 0.3) is 23.5 Å². The number of alkyl halides is 2. The molecule has 1 aliphatic heterocycles. The molecule has 0 atom stereocenters. The number of hydrogen-bond donors (Lipinski definition) is 3. The number of carbonyl (C=O) groups is 4. The summed E-state index contributed by atoms with van der Waals surface area (Å²) in [5.41, 5.74) is -0.533. The van der Waals surface area contributed by atoms with E-state index in [9.17, 15) is 32.3 Å². The van der Waals surface area contributed by atoms with Crippen LogP contribution in [0, 0.1) is 16.3 Å². The van der Waals surface area contributed by atoms with Crippen LogP contribution >= 0.6 is 20.7 Å². The van der Waals surface area contributed by atoms with Gasteiger partial charge in [-0.05, 0) is 43.5 Å². The quantitative estimate of drug-likeness (QED) is 0.253. The molecule has 3 amide bonds. The summed E-state index contributed by atoms with van der Waals surface area (Å²) in [6.45, 7) is 1.98. The minimum atomic E-state index is -3.13. The van der Waals surface area contributed by atoms with Gasteiger partial charge >= 0.3 is 0 Å². The van der Waals surface area contributed by atoms with Gasteiger partial charge in [-0.3, -0.25) is 19.2 Å². The van der Waals surface area contributed by atoms with Gasteiger partial charge in [0.05, 0.1) is 5.56 Å². The van der Waals surface area contributed by atoms with Crippen LogP contribution in [0.1, 0.15) is 51.4 Å². The second-order valence-electron chi connectivity index (χ2n) is 8.92. The molecule has 2 aliphatic rings. The number of halogens is 4. The maximum Gasteiger partial charge on any atom is 0.293 e. The third kappa shape index (κ3) is 4.46. The summed E-state index contributed by atoms with van der Waals surface area (Å²) in [5, 5.41) is 7.19. The predicted molar refractivity (Wildman–Crippen MR) is 135 cm³/mol. The van der Waals surface area contributed by atoms with Gasteiger partial charge in [-0.1, -0.05) is 25.2 Å². The van der Waals surface area contributed by atoms with E-state index in [0.29, 0.717) is 34.3 Å². The van der Waals surface area contributed by atoms with E-state index in [1.165, 1.54) is 32.2 Å². The number of fused-ring (bicyclic) bond motifs is 1. The number of nitrogens with zero attached hydrogens (tertiary/aromatic N) is 1. The van der Waals surface area contributed by atoms with Crippen LogP contribution < -0.4 is 16.0 Å². The van der Waals surface area contributed by atoms with Crippen molar-refractivity contribution in [3.8, 4) is 0 Å². The largest absolute Gasteiger partial charge is 0.357 e. The van der Waals surface area contributed by atoms with Gasteiger partial charge in [0.2, 0.25) is 5.91 Å². The summed E-state index contributed by atoms with van der Waals surface area (Å²) in [6.07, 6.45) is -0.741. The van der Waals surface area contributed by atoms with Gasteiger partial charge < -0.3 is 20.5 Å². The van der Waals surface area contributed by atoms with Crippen molar-refractivity contribution in [2.45, 2.75) is 50.6 Å². The van der Waals surface area contributed by atoms with E-state index in [1.54, 1.807) is 4.57 Å². The fourth-order valence-electron chi connectivity index (χ4n) is 4.94. The Morgan fingerprint density at radius 3 is 2.47 bits per heavy atom. The Kier molecular flexibility index (Phi) is 6.84. The molecule has 2 aromatic rings. The van der Waals surface area contributed by atoms with Crippen molar-refractivity contribution in [3.63, 3.8) is 0 Å². The zero-order valence-corrected chi connectivity index (χ0v) is 21.7. The first-order valence-corrected chi connectivity index (χ1v) is 13.7.